The van der Waals surface area contributed by atoms with E-state index in [-0.39, 0.29) is 18.2 Å². The summed E-state index contributed by atoms with van der Waals surface area (Å²) in [7, 11) is 1.62. The van der Waals surface area contributed by atoms with Crippen molar-refractivity contribution in [1.29, 1.82) is 0 Å². The molecule has 1 aromatic rings. The third-order valence-corrected chi connectivity index (χ3v) is 3.97. The zero-order valence-corrected chi connectivity index (χ0v) is 13.1. The minimum atomic E-state index is 0.159. The van der Waals surface area contributed by atoms with Gasteiger partial charge in [-0.15, -0.1) is 0 Å². The molecule has 0 aromatic heterocycles. The molecule has 4 nitrogen and oxygen atoms in total. The molecule has 0 radical (unpaired) electrons. The molecule has 0 amide bonds. The molecule has 5 heteroatoms. The highest BCUT2D eigenvalue weighted by Crippen LogP contribution is 2.30. The monoisotopic (exact) mass is 298 g/mol. The molecule has 0 spiro atoms. The van der Waals surface area contributed by atoms with Crippen LogP contribution >= 0.6 is 11.6 Å². The Morgan fingerprint density at radius 2 is 2.05 bits per heavy atom. The van der Waals surface area contributed by atoms with E-state index in [1.165, 1.54) is 0 Å². The normalized spacial score (nSPS) is 25.4. The van der Waals surface area contributed by atoms with Crippen molar-refractivity contribution >= 4 is 11.6 Å². The lowest BCUT2D eigenvalue weighted by molar-refractivity contribution is -0.0799. The Hall–Kier alpha value is -0.810. The largest absolute Gasteiger partial charge is 0.495 e. The van der Waals surface area contributed by atoms with Gasteiger partial charge >= 0.3 is 0 Å². The first kappa shape index (κ1) is 15.6. The number of benzene rings is 1. The summed E-state index contributed by atoms with van der Waals surface area (Å²) in [5.41, 5.74) is 7.11. The Morgan fingerprint density at radius 3 is 2.55 bits per heavy atom. The van der Waals surface area contributed by atoms with Crippen LogP contribution in [0.2, 0.25) is 5.02 Å². The summed E-state index contributed by atoms with van der Waals surface area (Å²) in [6, 6.07) is 6.04. The van der Waals surface area contributed by atoms with Crippen molar-refractivity contribution in [2.45, 2.75) is 32.1 Å². The summed E-state index contributed by atoms with van der Waals surface area (Å²) in [5.74, 6) is 0.690. The van der Waals surface area contributed by atoms with Crippen molar-refractivity contribution in [3.05, 3.63) is 28.8 Å². The quantitative estimate of drug-likeness (QED) is 0.927. The summed E-state index contributed by atoms with van der Waals surface area (Å²) in [6.45, 7) is 6.52. The van der Waals surface area contributed by atoms with Gasteiger partial charge in [-0.05, 0) is 31.5 Å². The molecular formula is C15H23ClN2O2. The smallest absolute Gasteiger partial charge is 0.137 e. The van der Waals surface area contributed by atoms with Crippen LogP contribution in [-0.4, -0.2) is 43.9 Å². The van der Waals surface area contributed by atoms with Crippen LogP contribution in [0.4, 0.5) is 0 Å². The number of methoxy groups -OCH3 is 1. The van der Waals surface area contributed by atoms with Gasteiger partial charge < -0.3 is 15.2 Å². The fraction of sp³-hybridized carbons (Fsp3) is 0.600. The minimum absolute atomic E-state index is 0.159. The zero-order chi connectivity index (χ0) is 14.7. The lowest BCUT2D eigenvalue weighted by Gasteiger charge is -2.40. The van der Waals surface area contributed by atoms with Crippen molar-refractivity contribution in [2.75, 3.05) is 26.7 Å². The van der Waals surface area contributed by atoms with Crippen molar-refractivity contribution in [2.24, 2.45) is 5.73 Å². The molecule has 20 heavy (non-hydrogen) atoms. The van der Waals surface area contributed by atoms with Crippen LogP contribution in [0, 0.1) is 0 Å². The van der Waals surface area contributed by atoms with Gasteiger partial charge in [-0.1, -0.05) is 17.7 Å². The summed E-state index contributed by atoms with van der Waals surface area (Å²) < 4.78 is 11.0. The molecule has 1 saturated heterocycles. The molecule has 0 aliphatic carbocycles. The first-order valence-electron chi connectivity index (χ1n) is 6.98. The number of ether oxygens (including phenoxy) is 2. The molecule has 1 aliphatic heterocycles. The molecule has 1 heterocycles. The van der Waals surface area contributed by atoms with E-state index in [0.717, 1.165) is 18.7 Å². The van der Waals surface area contributed by atoms with E-state index < -0.39 is 0 Å². The van der Waals surface area contributed by atoms with E-state index in [2.05, 4.69) is 18.7 Å². The van der Waals surface area contributed by atoms with Crippen molar-refractivity contribution in [3.63, 3.8) is 0 Å². The van der Waals surface area contributed by atoms with E-state index in [1.807, 2.05) is 18.2 Å². The Labute approximate surface area is 125 Å². The summed E-state index contributed by atoms with van der Waals surface area (Å²) in [4.78, 5) is 2.37. The van der Waals surface area contributed by atoms with E-state index >= 15 is 0 Å². The number of nitrogens with two attached hydrogens (primary N) is 1. The van der Waals surface area contributed by atoms with E-state index in [0.29, 0.717) is 17.3 Å². The topological polar surface area (TPSA) is 47.7 Å². The van der Waals surface area contributed by atoms with Gasteiger partial charge in [-0.2, -0.15) is 0 Å². The highest BCUT2D eigenvalue weighted by Gasteiger charge is 2.28. The third-order valence-electron chi connectivity index (χ3n) is 3.67. The van der Waals surface area contributed by atoms with Gasteiger partial charge in [0.2, 0.25) is 0 Å². The Kier molecular flexibility index (Phi) is 5.27. The fourth-order valence-corrected chi connectivity index (χ4v) is 3.12. The average molecular weight is 299 g/mol. The predicted molar refractivity (Wildman–Crippen MR) is 81.4 cm³/mol. The highest BCUT2D eigenvalue weighted by atomic mass is 35.5. The predicted octanol–water partition coefficient (Wildman–Crippen LogP) is 2.46. The summed E-state index contributed by atoms with van der Waals surface area (Å²) >= 11 is 6.22. The van der Waals surface area contributed by atoms with Crippen LogP contribution in [-0.2, 0) is 4.74 Å². The molecular weight excluding hydrogens is 276 g/mol. The van der Waals surface area contributed by atoms with E-state index in [9.17, 15) is 0 Å². The minimum Gasteiger partial charge on any atom is -0.495 e. The van der Waals surface area contributed by atoms with Crippen LogP contribution in [0.25, 0.3) is 0 Å². The van der Waals surface area contributed by atoms with Crippen molar-refractivity contribution in [1.82, 2.24) is 4.90 Å². The molecule has 2 N–H and O–H groups in total. The maximum atomic E-state index is 6.22. The Bertz CT molecular complexity index is 445. The SMILES string of the molecule is COc1ccc(C(CN)N2CC(C)OC(C)C2)cc1Cl. The van der Waals surface area contributed by atoms with Gasteiger partial charge in [0.05, 0.1) is 24.3 Å². The molecule has 1 fully saturated rings. The van der Waals surface area contributed by atoms with E-state index in [4.69, 9.17) is 26.8 Å². The lowest BCUT2D eigenvalue weighted by Crippen LogP contribution is -2.48. The number of nitrogens with zero attached hydrogens (tertiary/aromatic N) is 1. The molecule has 3 unspecified atom stereocenters. The van der Waals surface area contributed by atoms with Gasteiger partial charge in [0.15, 0.2) is 0 Å². The highest BCUT2D eigenvalue weighted by molar-refractivity contribution is 6.32. The molecule has 1 aliphatic rings. The van der Waals surface area contributed by atoms with Crippen LogP contribution in [0.5, 0.6) is 5.75 Å². The molecule has 0 saturated carbocycles. The standard InChI is InChI=1S/C15H23ClN2O2/c1-10-8-18(9-11(2)20-10)14(7-17)12-4-5-15(19-3)13(16)6-12/h4-6,10-11,14H,7-9,17H2,1-3H3. The van der Waals surface area contributed by atoms with Gasteiger partial charge in [-0.25, -0.2) is 0 Å². The zero-order valence-electron chi connectivity index (χ0n) is 12.3. The Morgan fingerprint density at radius 1 is 1.40 bits per heavy atom. The van der Waals surface area contributed by atoms with Gasteiger partial charge in [0.1, 0.15) is 5.75 Å². The second-order valence-electron chi connectivity index (χ2n) is 5.36. The van der Waals surface area contributed by atoms with Gasteiger partial charge in [0, 0.05) is 25.7 Å². The van der Waals surface area contributed by atoms with Gasteiger partial charge in [0.25, 0.3) is 0 Å². The van der Waals surface area contributed by atoms with Crippen LogP contribution < -0.4 is 10.5 Å². The molecule has 0 bridgehead atoms. The number of halogens is 1. The fourth-order valence-electron chi connectivity index (χ4n) is 2.86. The molecule has 2 rings (SSSR count). The third kappa shape index (κ3) is 3.44. The van der Waals surface area contributed by atoms with E-state index in [1.54, 1.807) is 7.11 Å². The lowest BCUT2D eigenvalue weighted by atomic mass is 10.0. The summed E-state index contributed by atoms with van der Waals surface area (Å²) in [6.07, 6.45) is 0.447. The number of morpholine rings is 1. The second-order valence-corrected chi connectivity index (χ2v) is 5.76. The number of hydrogen-bond donors (Lipinski definition) is 1. The second kappa shape index (κ2) is 6.76. The van der Waals surface area contributed by atoms with Gasteiger partial charge in [-0.3, -0.25) is 4.90 Å². The van der Waals surface area contributed by atoms with Crippen molar-refractivity contribution in [3.8, 4) is 5.75 Å². The summed E-state index contributed by atoms with van der Waals surface area (Å²) in [5, 5.41) is 0.623. The first-order chi connectivity index (χ1) is 9.55. The van der Waals surface area contributed by atoms with Crippen LogP contribution in [0.1, 0.15) is 25.5 Å². The number of rotatable bonds is 4. The Balaban J connectivity index is 2.21. The molecule has 1 aromatic carbocycles. The average Bonchev–Trinajstić information content (AvgIpc) is 2.38. The maximum Gasteiger partial charge on any atom is 0.137 e. The van der Waals surface area contributed by atoms with Crippen LogP contribution in [0.3, 0.4) is 0 Å². The molecule has 112 valence electrons. The molecule has 3 atom stereocenters. The van der Waals surface area contributed by atoms with Crippen LogP contribution in [0.15, 0.2) is 18.2 Å². The maximum absolute atomic E-state index is 6.22. The van der Waals surface area contributed by atoms with Crippen molar-refractivity contribution < 1.29 is 9.47 Å². The first-order valence-corrected chi connectivity index (χ1v) is 7.36. The number of hydrogen-bond acceptors (Lipinski definition) is 4.